The Morgan fingerprint density at radius 3 is 2.39 bits per heavy atom. The van der Waals surface area contributed by atoms with Crippen LogP contribution < -0.4 is 0 Å². The minimum absolute atomic E-state index is 0.474. The van der Waals surface area contributed by atoms with Gasteiger partial charge in [-0.1, -0.05) is 24.3 Å². The van der Waals surface area contributed by atoms with Crippen molar-refractivity contribution < 1.29 is 4.79 Å². The van der Waals surface area contributed by atoms with Gasteiger partial charge in [-0.05, 0) is 53.4 Å². The lowest BCUT2D eigenvalue weighted by Gasteiger charge is -2.10. The van der Waals surface area contributed by atoms with E-state index in [1.165, 1.54) is 0 Å². The molecule has 0 aliphatic carbocycles. The van der Waals surface area contributed by atoms with Crippen molar-refractivity contribution in [3.63, 3.8) is 0 Å². The van der Waals surface area contributed by atoms with Gasteiger partial charge in [0, 0.05) is 5.56 Å². The molecule has 0 aromatic heterocycles. The molecule has 2 aromatic carbocycles. The van der Waals surface area contributed by atoms with Crippen LogP contribution in [-0.4, -0.2) is 5.24 Å². The smallest absolute Gasteiger partial charge is 0.253 e. The van der Waals surface area contributed by atoms with Crippen molar-refractivity contribution in [2.24, 2.45) is 0 Å². The number of aryl methyl sites for hydroxylation is 1. The highest BCUT2D eigenvalue weighted by Crippen LogP contribution is 2.28. The predicted molar refractivity (Wildman–Crippen MR) is 71.5 cm³/mol. The molecule has 0 fully saturated rings. The fourth-order valence-corrected chi connectivity index (χ4v) is 2.08. The highest BCUT2D eigenvalue weighted by atomic mass is 35.5. The molecule has 0 saturated heterocycles. The molecule has 0 N–H and O–H groups in total. The molecular formula is C15H10ClNO. The minimum atomic E-state index is -0.474. The summed E-state index contributed by atoms with van der Waals surface area (Å²) in [7, 11) is 0. The Kier molecular flexibility index (Phi) is 3.45. The van der Waals surface area contributed by atoms with E-state index < -0.39 is 5.24 Å². The Bertz CT molecular complexity index is 639. The molecule has 2 rings (SSSR count). The van der Waals surface area contributed by atoms with Crippen LogP contribution in [0.5, 0.6) is 0 Å². The van der Waals surface area contributed by atoms with Gasteiger partial charge in [-0.15, -0.1) is 0 Å². The molecule has 2 aromatic rings. The highest BCUT2D eigenvalue weighted by Gasteiger charge is 2.12. The van der Waals surface area contributed by atoms with Gasteiger partial charge in [0.1, 0.15) is 0 Å². The van der Waals surface area contributed by atoms with Crippen LogP contribution in [0, 0.1) is 18.3 Å². The normalized spacial score (nSPS) is 9.83. The lowest BCUT2D eigenvalue weighted by molar-refractivity contribution is 0.108. The van der Waals surface area contributed by atoms with E-state index in [1.54, 1.807) is 24.3 Å². The van der Waals surface area contributed by atoms with Crippen LogP contribution in [0.25, 0.3) is 11.1 Å². The first-order valence-corrected chi connectivity index (χ1v) is 5.81. The van der Waals surface area contributed by atoms with Gasteiger partial charge in [-0.25, -0.2) is 0 Å². The summed E-state index contributed by atoms with van der Waals surface area (Å²) in [5, 5.41) is 8.30. The quantitative estimate of drug-likeness (QED) is 0.764. The van der Waals surface area contributed by atoms with E-state index in [-0.39, 0.29) is 0 Å². The number of benzene rings is 2. The Labute approximate surface area is 110 Å². The fourth-order valence-electron chi connectivity index (χ4n) is 1.93. The first-order chi connectivity index (χ1) is 8.63. The van der Waals surface area contributed by atoms with E-state index >= 15 is 0 Å². The summed E-state index contributed by atoms with van der Waals surface area (Å²) in [6.45, 7) is 1.93. The van der Waals surface area contributed by atoms with Gasteiger partial charge >= 0.3 is 0 Å². The average Bonchev–Trinajstić information content (AvgIpc) is 2.38. The molecule has 0 unspecified atom stereocenters. The third-order valence-corrected chi connectivity index (χ3v) is 2.99. The van der Waals surface area contributed by atoms with Crippen molar-refractivity contribution in [1.29, 1.82) is 5.26 Å². The first kappa shape index (κ1) is 12.3. The molecule has 18 heavy (non-hydrogen) atoms. The fraction of sp³-hybridized carbons (Fsp3) is 0.0667. The average molecular weight is 256 g/mol. The standard InChI is InChI=1S/C15H10ClNO/c1-10-3-2-4-13(15(16)18)14(10)12-7-5-11(9-17)6-8-12/h2-8H,1H3. The molecule has 0 spiro atoms. The highest BCUT2D eigenvalue weighted by molar-refractivity contribution is 6.68. The second kappa shape index (κ2) is 5.03. The zero-order chi connectivity index (χ0) is 13.1. The van der Waals surface area contributed by atoms with Crippen LogP contribution >= 0.6 is 11.6 Å². The second-order valence-electron chi connectivity index (χ2n) is 3.96. The van der Waals surface area contributed by atoms with Gasteiger partial charge < -0.3 is 0 Å². The van der Waals surface area contributed by atoms with Crippen molar-refractivity contribution in [3.05, 3.63) is 59.2 Å². The van der Waals surface area contributed by atoms with Crippen LogP contribution in [0.3, 0.4) is 0 Å². The van der Waals surface area contributed by atoms with Gasteiger partial charge in [0.15, 0.2) is 0 Å². The third kappa shape index (κ3) is 2.27. The van der Waals surface area contributed by atoms with E-state index in [0.717, 1.165) is 16.7 Å². The van der Waals surface area contributed by atoms with Crippen molar-refractivity contribution >= 4 is 16.8 Å². The van der Waals surface area contributed by atoms with E-state index in [0.29, 0.717) is 11.1 Å². The number of hydrogen-bond acceptors (Lipinski definition) is 2. The maximum atomic E-state index is 11.4. The third-order valence-electron chi connectivity index (χ3n) is 2.79. The lowest BCUT2D eigenvalue weighted by Crippen LogP contribution is -1.96. The predicted octanol–water partition coefficient (Wildman–Crippen LogP) is 3.91. The van der Waals surface area contributed by atoms with E-state index in [2.05, 4.69) is 6.07 Å². The number of halogens is 1. The number of hydrogen-bond donors (Lipinski definition) is 0. The van der Waals surface area contributed by atoms with Gasteiger partial charge in [-0.3, -0.25) is 4.79 Å². The van der Waals surface area contributed by atoms with Crippen LogP contribution in [0.4, 0.5) is 0 Å². The summed E-state index contributed by atoms with van der Waals surface area (Å²) in [5.74, 6) is 0. The molecule has 0 saturated carbocycles. The summed E-state index contributed by atoms with van der Waals surface area (Å²) in [6.07, 6.45) is 0. The Morgan fingerprint density at radius 1 is 1.17 bits per heavy atom. The molecule has 0 aliphatic heterocycles. The van der Waals surface area contributed by atoms with E-state index in [4.69, 9.17) is 16.9 Å². The number of carbonyl (C=O) groups is 1. The Hall–Kier alpha value is -2.11. The molecule has 0 aliphatic rings. The molecule has 0 heterocycles. The zero-order valence-corrected chi connectivity index (χ0v) is 10.5. The monoisotopic (exact) mass is 255 g/mol. The van der Waals surface area contributed by atoms with Crippen LogP contribution in [-0.2, 0) is 0 Å². The summed E-state index contributed by atoms with van der Waals surface area (Å²) in [4.78, 5) is 11.4. The van der Waals surface area contributed by atoms with Crippen LogP contribution in [0.2, 0.25) is 0 Å². The zero-order valence-electron chi connectivity index (χ0n) is 9.77. The van der Waals surface area contributed by atoms with Gasteiger partial charge in [-0.2, -0.15) is 5.26 Å². The molecule has 88 valence electrons. The van der Waals surface area contributed by atoms with E-state index in [1.807, 2.05) is 25.1 Å². The molecule has 0 amide bonds. The molecule has 3 heteroatoms. The largest absolute Gasteiger partial charge is 0.276 e. The SMILES string of the molecule is Cc1cccc(C(=O)Cl)c1-c1ccc(C#N)cc1. The second-order valence-corrected chi connectivity index (χ2v) is 4.30. The van der Waals surface area contributed by atoms with E-state index in [9.17, 15) is 4.79 Å². The Balaban J connectivity index is 2.62. The summed E-state index contributed by atoms with van der Waals surface area (Å²) in [6, 6.07) is 14.6. The lowest BCUT2D eigenvalue weighted by atomic mass is 9.95. The molecule has 2 nitrogen and oxygen atoms in total. The number of carbonyl (C=O) groups excluding carboxylic acids is 1. The van der Waals surface area contributed by atoms with Crippen molar-refractivity contribution in [3.8, 4) is 17.2 Å². The topological polar surface area (TPSA) is 40.9 Å². The Morgan fingerprint density at radius 2 is 1.83 bits per heavy atom. The number of nitriles is 1. The summed E-state index contributed by atoms with van der Waals surface area (Å²) in [5.41, 5.74) is 3.76. The first-order valence-electron chi connectivity index (χ1n) is 5.43. The van der Waals surface area contributed by atoms with Crippen LogP contribution in [0.15, 0.2) is 42.5 Å². The summed E-state index contributed by atoms with van der Waals surface area (Å²) >= 11 is 5.60. The molecule has 0 bridgehead atoms. The number of rotatable bonds is 2. The van der Waals surface area contributed by atoms with Crippen molar-refractivity contribution in [2.75, 3.05) is 0 Å². The van der Waals surface area contributed by atoms with Gasteiger partial charge in [0.05, 0.1) is 11.6 Å². The summed E-state index contributed by atoms with van der Waals surface area (Å²) < 4.78 is 0. The molecule has 0 atom stereocenters. The molecular weight excluding hydrogens is 246 g/mol. The van der Waals surface area contributed by atoms with Crippen LogP contribution in [0.1, 0.15) is 21.5 Å². The maximum absolute atomic E-state index is 11.4. The van der Waals surface area contributed by atoms with Gasteiger partial charge in [0.2, 0.25) is 0 Å². The minimum Gasteiger partial charge on any atom is -0.276 e. The van der Waals surface area contributed by atoms with Crippen molar-refractivity contribution in [2.45, 2.75) is 6.92 Å². The van der Waals surface area contributed by atoms with Crippen molar-refractivity contribution in [1.82, 2.24) is 0 Å². The maximum Gasteiger partial charge on any atom is 0.253 e. The number of nitrogens with zero attached hydrogens (tertiary/aromatic N) is 1. The van der Waals surface area contributed by atoms with Gasteiger partial charge in [0.25, 0.3) is 5.24 Å². The molecule has 0 radical (unpaired) electrons.